The molecule has 1 aliphatic rings. The fourth-order valence-corrected chi connectivity index (χ4v) is 2.81. The first kappa shape index (κ1) is 11.5. The summed E-state index contributed by atoms with van der Waals surface area (Å²) < 4.78 is 0. The lowest BCUT2D eigenvalue weighted by molar-refractivity contribution is 0.0901. The molecule has 0 amide bonds. The molecule has 0 bridgehead atoms. The molecule has 1 aliphatic heterocycles. The second kappa shape index (κ2) is 4.58. The van der Waals surface area contributed by atoms with Crippen molar-refractivity contribution in [3.05, 3.63) is 35.5 Å². The van der Waals surface area contributed by atoms with Crippen LogP contribution < -0.4 is 5.32 Å². The van der Waals surface area contributed by atoms with Crippen molar-refractivity contribution in [2.75, 3.05) is 13.1 Å². The largest absolute Gasteiger partial charge is 0.360 e. The van der Waals surface area contributed by atoms with E-state index in [1.54, 1.807) is 0 Å². The molecule has 18 heavy (non-hydrogen) atoms. The number of piperidine rings is 1. The van der Waals surface area contributed by atoms with Gasteiger partial charge in [0.05, 0.1) is 0 Å². The van der Waals surface area contributed by atoms with Gasteiger partial charge in [0, 0.05) is 35.1 Å². The van der Waals surface area contributed by atoms with Crippen molar-refractivity contribution in [1.82, 2.24) is 10.3 Å². The summed E-state index contributed by atoms with van der Waals surface area (Å²) in [5, 5.41) is 4.37. The van der Waals surface area contributed by atoms with Crippen LogP contribution in [0.15, 0.2) is 24.4 Å². The molecular formula is C15H18N2O. The van der Waals surface area contributed by atoms with Gasteiger partial charge in [-0.2, -0.15) is 0 Å². The first-order valence-electron chi connectivity index (χ1n) is 6.59. The van der Waals surface area contributed by atoms with Gasteiger partial charge >= 0.3 is 0 Å². The van der Waals surface area contributed by atoms with Crippen molar-refractivity contribution in [1.29, 1.82) is 0 Å². The number of para-hydroxylation sites is 1. The maximum atomic E-state index is 12.5. The zero-order valence-corrected chi connectivity index (χ0v) is 10.6. The molecular weight excluding hydrogens is 224 g/mol. The van der Waals surface area contributed by atoms with E-state index in [9.17, 15) is 4.79 Å². The van der Waals surface area contributed by atoms with E-state index in [0.29, 0.717) is 0 Å². The quantitative estimate of drug-likeness (QED) is 0.795. The van der Waals surface area contributed by atoms with Gasteiger partial charge in [0.2, 0.25) is 0 Å². The summed E-state index contributed by atoms with van der Waals surface area (Å²) in [6.45, 7) is 3.92. The number of hydrogen-bond donors (Lipinski definition) is 2. The minimum absolute atomic E-state index is 0.137. The molecule has 0 aliphatic carbocycles. The standard InChI is InChI=1S/C15H18N2O/c1-10-4-2-6-12-13(9-17-14(10)12)15(18)11-5-3-7-16-8-11/h2,4,6,9,11,16-17H,3,5,7-8H2,1H3. The number of benzene rings is 1. The molecule has 3 nitrogen and oxygen atoms in total. The molecule has 2 N–H and O–H groups in total. The number of hydrogen-bond acceptors (Lipinski definition) is 2. The van der Waals surface area contributed by atoms with Gasteiger partial charge in [-0.1, -0.05) is 18.2 Å². The van der Waals surface area contributed by atoms with Crippen LogP contribution in [0.25, 0.3) is 10.9 Å². The van der Waals surface area contributed by atoms with Gasteiger partial charge in [0.15, 0.2) is 5.78 Å². The molecule has 1 saturated heterocycles. The van der Waals surface area contributed by atoms with E-state index in [1.165, 1.54) is 5.56 Å². The maximum Gasteiger partial charge on any atom is 0.169 e. The highest BCUT2D eigenvalue weighted by Crippen LogP contribution is 2.25. The molecule has 1 unspecified atom stereocenters. The second-order valence-electron chi connectivity index (χ2n) is 5.11. The predicted molar refractivity (Wildman–Crippen MR) is 73.0 cm³/mol. The zero-order valence-electron chi connectivity index (χ0n) is 10.6. The number of Topliss-reactive ketones (excluding diaryl/α,β-unsaturated/α-hetero) is 1. The van der Waals surface area contributed by atoms with E-state index < -0.39 is 0 Å². The summed E-state index contributed by atoms with van der Waals surface area (Å²) in [6.07, 6.45) is 3.97. The smallest absolute Gasteiger partial charge is 0.169 e. The molecule has 0 spiro atoms. The van der Waals surface area contributed by atoms with Crippen LogP contribution in [0.3, 0.4) is 0 Å². The first-order chi connectivity index (χ1) is 8.77. The second-order valence-corrected chi connectivity index (χ2v) is 5.11. The molecule has 0 radical (unpaired) electrons. The number of carbonyl (C=O) groups excluding carboxylic acids is 1. The van der Waals surface area contributed by atoms with Gasteiger partial charge in [-0.05, 0) is 31.9 Å². The third-order valence-corrected chi connectivity index (χ3v) is 3.86. The Morgan fingerprint density at radius 1 is 1.39 bits per heavy atom. The highest BCUT2D eigenvalue weighted by Gasteiger charge is 2.24. The van der Waals surface area contributed by atoms with Crippen LogP contribution in [-0.2, 0) is 0 Å². The molecule has 94 valence electrons. The van der Waals surface area contributed by atoms with Crippen LogP contribution in [0.4, 0.5) is 0 Å². The van der Waals surface area contributed by atoms with Crippen LogP contribution in [0.5, 0.6) is 0 Å². The topological polar surface area (TPSA) is 44.9 Å². The first-order valence-corrected chi connectivity index (χ1v) is 6.59. The Morgan fingerprint density at radius 2 is 2.28 bits per heavy atom. The monoisotopic (exact) mass is 242 g/mol. The molecule has 1 aromatic carbocycles. The Labute approximate surface area is 107 Å². The van der Waals surface area contributed by atoms with Gasteiger partial charge in [-0.15, -0.1) is 0 Å². The van der Waals surface area contributed by atoms with Crippen molar-refractivity contribution < 1.29 is 4.79 Å². The van der Waals surface area contributed by atoms with Crippen molar-refractivity contribution >= 4 is 16.7 Å². The van der Waals surface area contributed by atoms with E-state index in [1.807, 2.05) is 18.3 Å². The van der Waals surface area contributed by atoms with Crippen LogP contribution in [0.2, 0.25) is 0 Å². The Kier molecular flexibility index (Phi) is 2.92. The Bertz CT molecular complexity index is 579. The van der Waals surface area contributed by atoms with Crippen molar-refractivity contribution in [2.45, 2.75) is 19.8 Å². The van der Waals surface area contributed by atoms with E-state index >= 15 is 0 Å². The average Bonchev–Trinajstić information content (AvgIpc) is 2.84. The zero-order chi connectivity index (χ0) is 12.5. The van der Waals surface area contributed by atoms with Crippen molar-refractivity contribution in [3.63, 3.8) is 0 Å². The van der Waals surface area contributed by atoms with Gasteiger partial charge in [-0.3, -0.25) is 4.79 Å². The van der Waals surface area contributed by atoms with Gasteiger partial charge < -0.3 is 10.3 Å². The number of aryl methyl sites for hydroxylation is 1. The summed E-state index contributed by atoms with van der Waals surface area (Å²) in [4.78, 5) is 15.8. The Hall–Kier alpha value is -1.61. The van der Waals surface area contributed by atoms with Crippen LogP contribution in [0, 0.1) is 12.8 Å². The van der Waals surface area contributed by atoms with Crippen LogP contribution in [-0.4, -0.2) is 23.9 Å². The minimum atomic E-state index is 0.137. The van der Waals surface area contributed by atoms with E-state index in [-0.39, 0.29) is 11.7 Å². The Balaban J connectivity index is 1.98. The number of aromatic amines is 1. The molecule has 3 heteroatoms. The molecule has 2 aromatic rings. The summed E-state index contributed by atoms with van der Waals surface area (Å²) in [6, 6.07) is 6.11. The third-order valence-electron chi connectivity index (χ3n) is 3.86. The molecule has 0 saturated carbocycles. The molecule has 1 aromatic heterocycles. The molecule has 2 heterocycles. The number of carbonyl (C=O) groups is 1. The summed E-state index contributed by atoms with van der Waals surface area (Å²) in [5.74, 6) is 0.414. The predicted octanol–water partition coefficient (Wildman–Crippen LogP) is 2.66. The summed E-state index contributed by atoms with van der Waals surface area (Å²) >= 11 is 0. The van der Waals surface area contributed by atoms with Gasteiger partial charge in [0.1, 0.15) is 0 Å². The van der Waals surface area contributed by atoms with Crippen molar-refractivity contribution in [3.8, 4) is 0 Å². The Morgan fingerprint density at radius 3 is 3.06 bits per heavy atom. The molecule has 3 rings (SSSR count). The molecule has 1 atom stereocenters. The normalized spacial score (nSPS) is 20.2. The summed E-state index contributed by atoms with van der Waals surface area (Å²) in [7, 11) is 0. The lowest BCUT2D eigenvalue weighted by Crippen LogP contribution is -2.34. The summed E-state index contributed by atoms with van der Waals surface area (Å²) in [5.41, 5.74) is 3.13. The number of H-pyrrole nitrogens is 1. The van der Waals surface area contributed by atoms with Gasteiger partial charge in [-0.25, -0.2) is 0 Å². The van der Waals surface area contributed by atoms with Crippen LogP contribution >= 0.6 is 0 Å². The minimum Gasteiger partial charge on any atom is -0.360 e. The van der Waals surface area contributed by atoms with E-state index in [0.717, 1.165) is 42.4 Å². The lowest BCUT2D eigenvalue weighted by Gasteiger charge is -2.21. The van der Waals surface area contributed by atoms with E-state index in [4.69, 9.17) is 0 Å². The number of fused-ring (bicyclic) bond motifs is 1. The fraction of sp³-hybridized carbons (Fsp3) is 0.400. The number of rotatable bonds is 2. The van der Waals surface area contributed by atoms with Crippen LogP contribution in [0.1, 0.15) is 28.8 Å². The number of nitrogens with one attached hydrogen (secondary N) is 2. The average molecular weight is 242 g/mol. The lowest BCUT2D eigenvalue weighted by atomic mass is 9.90. The highest BCUT2D eigenvalue weighted by atomic mass is 16.1. The third kappa shape index (κ3) is 1.85. The number of aromatic nitrogens is 1. The fourth-order valence-electron chi connectivity index (χ4n) is 2.81. The maximum absolute atomic E-state index is 12.5. The molecule has 1 fully saturated rings. The SMILES string of the molecule is Cc1cccc2c(C(=O)C3CCCNC3)c[nH]c12. The van der Waals surface area contributed by atoms with Gasteiger partial charge in [0.25, 0.3) is 0 Å². The highest BCUT2D eigenvalue weighted by molar-refractivity contribution is 6.09. The van der Waals surface area contributed by atoms with E-state index in [2.05, 4.69) is 23.3 Å². The van der Waals surface area contributed by atoms with Crippen molar-refractivity contribution in [2.24, 2.45) is 5.92 Å². The number of ketones is 1.